The van der Waals surface area contributed by atoms with Crippen molar-refractivity contribution in [2.75, 3.05) is 45.3 Å². The molecule has 7 heteroatoms. The van der Waals surface area contributed by atoms with Gasteiger partial charge in [-0.3, -0.25) is 9.69 Å². The van der Waals surface area contributed by atoms with E-state index in [9.17, 15) is 4.79 Å². The quantitative estimate of drug-likeness (QED) is 0.664. The third kappa shape index (κ3) is 4.03. The number of carbonyl (C=O) groups excluding carboxylic acids is 1. The van der Waals surface area contributed by atoms with Crippen LogP contribution in [-0.2, 0) is 16.6 Å². The molecule has 162 valence electrons. The molecule has 1 N–H and O–H groups in total. The summed E-state index contributed by atoms with van der Waals surface area (Å²) < 4.78 is 13.0. The second-order valence-electron chi connectivity index (χ2n) is 8.42. The number of rotatable bonds is 6. The summed E-state index contributed by atoms with van der Waals surface area (Å²) in [6.45, 7) is 4.49. The van der Waals surface area contributed by atoms with Crippen LogP contribution in [0, 0.1) is 11.8 Å². The van der Waals surface area contributed by atoms with E-state index >= 15 is 0 Å². The molecule has 0 spiro atoms. The molecule has 0 bridgehead atoms. The van der Waals surface area contributed by atoms with E-state index in [1.807, 2.05) is 43.6 Å². The third-order valence-electron chi connectivity index (χ3n) is 6.42. The SMILES string of the molecule is COc1ccccc1-c1cc2cc(NC(=O)C3CC3CN3CCOCC3)ncc2n1C. The van der Waals surface area contributed by atoms with Crippen LogP contribution >= 0.6 is 0 Å². The minimum absolute atomic E-state index is 0.0750. The predicted octanol–water partition coefficient (Wildman–Crippen LogP) is 3.16. The van der Waals surface area contributed by atoms with Crippen molar-refractivity contribution in [2.45, 2.75) is 6.42 Å². The lowest BCUT2D eigenvalue weighted by molar-refractivity contribution is -0.117. The van der Waals surface area contributed by atoms with Crippen molar-refractivity contribution in [3.63, 3.8) is 0 Å². The number of ether oxygens (including phenoxy) is 2. The molecule has 1 aliphatic carbocycles. The topological polar surface area (TPSA) is 68.6 Å². The highest BCUT2D eigenvalue weighted by Crippen LogP contribution is 2.40. The number of pyridine rings is 1. The second-order valence-corrected chi connectivity index (χ2v) is 8.42. The lowest BCUT2D eigenvalue weighted by Gasteiger charge is -2.26. The van der Waals surface area contributed by atoms with Crippen LogP contribution in [-0.4, -0.2) is 60.3 Å². The summed E-state index contributed by atoms with van der Waals surface area (Å²) in [5.74, 6) is 2.03. The van der Waals surface area contributed by atoms with E-state index in [4.69, 9.17) is 9.47 Å². The number of hydrogen-bond acceptors (Lipinski definition) is 5. The van der Waals surface area contributed by atoms with E-state index in [1.54, 1.807) is 7.11 Å². The number of anilines is 1. The molecule has 1 aromatic carbocycles. The first kappa shape index (κ1) is 20.0. The molecule has 3 aromatic rings. The lowest BCUT2D eigenvalue weighted by Crippen LogP contribution is -2.38. The molecule has 2 fully saturated rings. The fourth-order valence-corrected chi connectivity index (χ4v) is 4.52. The third-order valence-corrected chi connectivity index (χ3v) is 6.42. The van der Waals surface area contributed by atoms with Gasteiger partial charge in [-0.2, -0.15) is 0 Å². The van der Waals surface area contributed by atoms with Crippen molar-refractivity contribution in [1.82, 2.24) is 14.5 Å². The highest BCUT2D eigenvalue weighted by atomic mass is 16.5. The van der Waals surface area contributed by atoms with Crippen LogP contribution < -0.4 is 10.1 Å². The Kier molecular flexibility index (Phi) is 5.38. The first-order valence-electron chi connectivity index (χ1n) is 10.8. The zero-order valence-corrected chi connectivity index (χ0v) is 18.0. The molecule has 1 saturated carbocycles. The Hall–Kier alpha value is -2.90. The largest absolute Gasteiger partial charge is 0.496 e. The van der Waals surface area contributed by atoms with Gasteiger partial charge in [0.2, 0.25) is 5.91 Å². The molecule has 1 aliphatic heterocycles. The molecule has 1 saturated heterocycles. The van der Waals surface area contributed by atoms with Crippen molar-refractivity contribution >= 4 is 22.6 Å². The van der Waals surface area contributed by atoms with Gasteiger partial charge in [0.15, 0.2) is 0 Å². The van der Waals surface area contributed by atoms with Gasteiger partial charge in [-0.15, -0.1) is 0 Å². The lowest BCUT2D eigenvalue weighted by atomic mass is 10.1. The number of aromatic nitrogens is 2. The van der Waals surface area contributed by atoms with Gasteiger partial charge in [0, 0.05) is 43.5 Å². The number of nitrogens with zero attached hydrogens (tertiary/aromatic N) is 3. The van der Waals surface area contributed by atoms with Crippen LogP contribution in [0.4, 0.5) is 5.82 Å². The number of para-hydroxylation sites is 1. The molecule has 2 aromatic heterocycles. The van der Waals surface area contributed by atoms with Crippen molar-refractivity contribution in [3.05, 3.63) is 42.6 Å². The fourth-order valence-electron chi connectivity index (χ4n) is 4.52. The average Bonchev–Trinajstić information content (AvgIpc) is 3.49. The van der Waals surface area contributed by atoms with Gasteiger partial charge >= 0.3 is 0 Å². The smallest absolute Gasteiger partial charge is 0.228 e. The molecule has 2 aliphatic rings. The van der Waals surface area contributed by atoms with Crippen LogP contribution in [0.25, 0.3) is 22.2 Å². The maximum Gasteiger partial charge on any atom is 0.228 e. The number of methoxy groups -OCH3 is 1. The van der Waals surface area contributed by atoms with Crippen LogP contribution in [0.2, 0.25) is 0 Å². The van der Waals surface area contributed by atoms with Gasteiger partial charge in [0.05, 0.1) is 37.7 Å². The van der Waals surface area contributed by atoms with Crippen molar-refractivity contribution in [3.8, 4) is 17.0 Å². The van der Waals surface area contributed by atoms with Gasteiger partial charge in [-0.25, -0.2) is 4.98 Å². The number of aryl methyl sites for hydroxylation is 1. The predicted molar refractivity (Wildman–Crippen MR) is 120 cm³/mol. The highest BCUT2D eigenvalue weighted by molar-refractivity contribution is 5.96. The van der Waals surface area contributed by atoms with E-state index in [-0.39, 0.29) is 11.8 Å². The van der Waals surface area contributed by atoms with Crippen molar-refractivity contribution in [2.24, 2.45) is 18.9 Å². The number of fused-ring (bicyclic) bond motifs is 1. The molecule has 0 radical (unpaired) electrons. The average molecular weight is 421 g/mol. The summed E-state index contributed by atoms with van der Waals surface area (Å²) in [4.78, 5) is 19.6. The zero-order valence-electron chi connectivity index (χ0n) is 18.0. The first-order chi connectivity index (χ1) is 15.1. The maximum atomic E-state index is 12.7. The standard InChI is InChI=1S/C24H28N4O3/c1-27-20(18-5-3-4-6-22(18)30-2)12-16-13-23(25-14-21(16)27)26-24(29)19-11-17(19)15-28-7-9-31-10-8-28/h3-6,12-14,17,19H,7-11,15H2,1-2H3,(H,25,26,29). The Morgan fingerprint density at radius 2 is 2.06 bits per heavy atom. The zero-order chi connectivity index (χ0) is 21.4. The van der Waals surface area contributed by atoms with Crippen LogP contribution in [0.15, 0.2) is 42.6 Å². The summed E-state index contributed by atoms with van der Waals surface area (Å²) in [5, 5.41) is 4.06. The highest BCUT2D eigenvalue weighted by Gasteiger charge is 2.43. The monoisotopic (exact) mass is 420 g/mol. The van der Waals surface area contributed by atoms with Crippen molar-refractivity contribution in [1.29, 1.82) is 0 Å². The van der Waals surface area contributed by atoms with Crippen LogP contribution in [0.3, 0.4) is 0 Å². The van der Waals surface area contributed by atoms with E-state index in [2.05, 4.69) is 25.8 Å². The van der Waals surface area contributed by atoms with Gasteiger partial charge in [-0.05, 0) is 36.6 Å². The number of amides is 1. The van der Waals surface area contributed by atoms with Gasteiger partial charge in [0.25, 0.3) is 0 Å². The van der Waals surface area contributed by atoms with Gasteiger partial charge in [0.1, 0.15) is 11.6 Å². The minimum atomic E-state index is 0.0750. The van der Waals surface area contributed by atoms with E-state index < -0.39 is 0 Å². The normalized spacial score (nSPS) is 21.2. The van der Waals surface area contributed by atoms with E-state index in [0.29, 0.717) is 11.7 Å². The summed E-state index contributed by atoms with van der Waals surface area (Å²) in [6.07, 6.45) is 2.77. The molecular weight excluding hydrogens is 392 g/mol. The molecule has 3 heterocycles. The van der Waals surface area contributed by atoms with Crippen LogP contribution in [0.1, 0.15) is 6.42 Å². The van der Waals surface area contributed by atoms with Crippen molar-refractivity contribution < 1.29 is 14.3 Å². The fraction of sp³-hybridized carbons (Fsp3) is 0.417. The number of benzene rings is 1. The van der Waals surface area contributed by atoms with E-state index in [1.165, 1.54) is 0 Å². The Balaban J connectivity index is 1.30. The Labute approximate surface area is 182 Å². The molecule has 2 atom stereocenters. The molecule has 2 unspecified atom stereocenters. The molecule has 5 rings (SSSR count). The summed E-state index contributed by atoms with van der Waals surface area (Å²) in [6, 6.07) is 12.0. The van der Waals surface area contributed by atoms with Crippen LogP contribution in [0.5, 0.6) is 5.75 Å². The summed E-state index contributed by atoms with van der Waals surface area (Å²) >= 11 is 0. The molecule has 1 amide bonds. The van der Waals surface area contributed by atoms with Gasteiger partial charge < -0.3 is 19.4 Å². The maximum absolute atomic E-state index is 12.7. The summed E-state index contributed by atoms with van der Waals surface area (Å²) in [5.41, 5.74) is 3.08. The number of morpholine rings is 1. The number of carbonyl (C=O) groups is 1. The molecule has 7 nitrogen and oxygen atoms in total. The van der Waals surface area contributed by atoms with Gasteiger partial charge in [-0.1, -0.05) is 12.1 Å². The summed E-state index contributed by atoms with van der Waals surface area (Å²) in [7, 11) is 3.70. The Bertz CT molecular complexity index is 1100. The number of nitrogens with one attached hydrogen (secondary N) is 1. The Morgan fingerprint density at radius 1 is 1.26 bits per heavy atom. The molecule has 31 heavy (non-hydrogen) atoms. The Morgan fingerprint density at radius 3 is 2.87 bits per heavy atom. The number of hydrogen-bond donors (Lipinski definition) is 1. The second kappa shape index (κ2) is 8.32. The molecular formula is C24H28N4O3. The minimum Gasteiger partial charge on any atom is -0.496 e. The van der Waals surface area contributed by atoms with E-state index in [0.717, 1.165) is 67.2 Å². The first-order valence-corrected chi connectivity index (χ1v) is 10.8.